The molecular weight excluding hydrogens is 398 g/mol. The van der Waals surface area contributed by atoms with E-state index in [9.17, 15) is 9.90 Å². The minimum absolute atomic E-state index is 0.241. The molecule has 1 saturated heterocycles. The molecule has 2 aromatic rings. The number of carbonyl (C=O) groups is 1. The van der Waals surface area contributed by atoms with Crippen molar-refractivity contribution in [2.75, 3.05) is 42.8 Å². The number of carboxylic acids is 1. The lowest BCUT2D eigenvalue weighted by Gasteiger charge is -2.38. The van der Waals surface area contributed by atoms with Gasteiger partial charge in [0.1, 0.15) is 11.3 Å². The number of ether oxygens (including phenoxy) is 1. The maximum absolute atomic E-state index is 12.0. The molecule has 2 heterocycles. The second-order valence-electron chi connectivity index (χ2n) is 8.42. The first-order valence-electron chi connectivity index (χ1n) is 10.6. The van der Waals surface area contributed by atoms with Crippen LogP contribution in [-0.4, -0.2) is 48.8 Å². The standard InChI is InChI=1S/C23H27N3O3S/c1-2-26-11-14(12-26)10-24-18-5-3-4-6-20(18)30-25-19-8-7-16-17-9-15(17)13-29-22(16)21(19)23(27)28/h3-8,14-15,17,24-25H,2,9-13H2,1H3,(H,27,28). The van der Waals surface area contributed by atoms with Gasteiger partial charge in [-0.25, -0.2) is 4.79 Å². The second-order valence-corrected chi connectivity index (χ2v) is 9.27. The molecule has 3 aliphatic rings. The van der Waals surface area contributed by atoms with Crippen LogP contribution in [0.15, 0.2) is 41.3 Å². The van der Waals surface area contributed by atoms with Crippen molar-refractivity contribution in [2.45, 2.75) is 24.2 Å². The predicted octanol–water partition coefficient (Wildman–Crippen LogP) is 4.36. The van der Waals surface area contributed by atoms with Gasteiger partial charge in [0, 0.05) is 37.2 Å². The number of anilines is 2. The van der Waals surface area contributed by atoms with Crippen LogP contribution in [0.4, 0.5) is 11.4 Å². The van der Waals surface area contributed by atoms with Crippen molar-refractivity contribution < 1.29 is 14.6 Å². The van der Waals surface area contributed by atoms with Gasteiger partial charge >= 0.3 is 5.97 Å². The van der Waals surface area contributed by atoms with E-state index in [0.717, 1.165) is 48.7 Å². The van der Waals surface area contributed by atoms with Gasteiger partial charge in [0.15, 0.2) is 0 Å². The normalized spacial score (nSPS) is 22.3. The maximum atomic E-state index is 12.0. The van der Waals surface area contributed by atoms with Crippen LogP contribution in [0.5, 0.6) is 5.75 Å². The molecule has 2 aliphatic heterocycles. The molecule has 6 nitrogen and oxygen atoms in total. The molecule has 2 fully saturated rings. The number of hydrogen-bond donors (Lipinski definition) is 3. The molecule has 0 bridgehead atoms. The highest BCUT2D eigenvalue weighted by molar-refractivity contribution is 8.00. The molecule has 5 rings (SSSR count). The van der Waals surface area contributed by atoms with E-state index >= 15 is 0 Å². The zero-order chi connectivity index (χ0) is 20.7. The van der Waals surface area contributed by atoms with Crippen LogP contribution in [0.2, 0.25) is 0 Å². The number of hydrogen-bond acceptors (Lipinski definition) is 6. The van der Waals surface area contributed by atoms with Gasteiger partial charge in [-0.1, -0.05) is 25.1 Å². The van der Waals surface area contributed by atoms with Crippen LogP contribution >= 0.6 is 11.9 Å². The van der Waals surface area contributed by atoms with Crippen molar-refractivity contribution in [3.63, 3.8) is 0 Å². The van der Waals surface area contributed by atoms with E-state index < -0.39 is 5.97 Å². The second kappa shape index (κ2) is 8.04. The highest BCUT2D eigenvalue weighted by Crippen LogP contribution is 2.55. The Kier molecular flexibility index (Phi) is 5.25. The molecule has 7 heteroatoms. The summed E-state index contributed by atoms with van der Waals surface area (Å²) in [5.74, 6) is 1.30. The lowest BCUT2D eigenvalue weighted by atomic mass is 10.0. The molecule has 1 aliphatic carbocycles. The average molecular weight is 426 g/mol. The highest BCUT2D eigenvalue weighted by atomic mass is 32.2. The molecule has 0 radical (unpaired) electrons. The van der Waals surface area contributed by atoms with E-state index in [1.54, 1.807) is 0 Å². The first-order chi connectivity index (χ1) is 14.6. The van der Waals surface area contributed by atoms with Crippen LogP contribution in [0.3, 0.4) is 0 Å². The molecule has 0 aromatic heterocycles. The molecule has 3 N–H and O–H groups in total. The third-order valence-electron chi connectivity index (χ3n) is 6.39. The van der Waals surface area contributed by atoms with Crippen molar-refractivity contribution in [2.24, 2.45) is 11.8 Å². The Hall–Kier alpha value is -2.38. The van der Waals surface area contributed by atoms with Gasteiger partial charge in [0.05, 0.1) is 17.2 Å². The zero-order valence-corrected chi connectivity index (χ0v) is 17.9. The van der Waals surface area contributed by atoms with E-state index in [1.165, 1.54) is 11.9 Å². The predicted molar refractivity (Wildman–Crippen MR) is 120 cm³/mol. The number of aromatic carboxylic acids is 1. The number of rotatable bonds is 8. The van der Waals surface area contributed by atoms with Gasteiger partial charge in [-0.3, -0.25) is 0 Å². The summed E-state index contributed by atoms with van der Waals surface area (Å²) >= 11 is 1.43. The van der Waals surface area contributed by atoms with Crippen molar-refractivity contribution in [3.05, 3.63) is 47.5 Å². The molecule has 2 aromatic carbocycles. The number of nitrogens with one attached hydrogen (secondary N) is 2. The van der Waals surface area contributed by atoms with Crippen molar-refractivity contribution in [3.8, 4) is 5.75 Å². The lowest BCUT2D eigenvalue weighted by molar-refractivity contribution is 0.0692. The Labute approximate surface area is 181 Å². The molecule has 0 spiro atoms. The minimum atomic E-state index is -0.953. The Morgan fingerprint density at radius 1 is 1.23 bits per heavy atom. The zero-order valence-electron chi connectivity index (χ0n) is 17.1. The summed E-state index contributed by atoms with van der Waals surface area (Å²) < 4.78 is 9.11. The SMILES string of the molecule is CCN1CC(CNc2ccccc2SNc2ccc3c(c2C(=O)O)OCC2CC32)C1. The fourth-order valence-corrected chi connectivity index (χ4v) is 5.26. The quantitative estimate of drug-likeness (QED) is 0.543. The van der Waals surface area contributed by atoms with Crippen LogP contribution in [0.25, 0.3) is 0 Å². The summed E-state index contributed by atoms with van der Waals surface area (Å²) in [7, 11) is 0. The van der Waals surface area contributed by atoms with E-state index in [2.05, 4.69) is 27.9 Å². The van der Waals surface area contributed by atoms with E-state index in [0.29, 0.717) is 35.8 Å². The van der Waals surface area contributed by atoms with Gasteiger partial charge in [-0.05, 0) is 54.6 Å². The molecule has 0 amide bonds. The van der Waals surface area contributed by atoms with Crippen molar-refractivity contribution >= 4 is 29.3 Å². The van der Waals surface area contributed by atoms with Gasteiger partial charge in [0.2, 0.25) is 0 Å². The monoisotopic (exact) mass is 425 g/mol. The smallest absolute Gasteiger partial charge is 0.341 e. The van der Waals surface area contributed by atoms with Crippen molar-refractivity contribution in [1.82, 2.24) is 4.90 Å². The maximum Gasteiger partial charge on any atom is 0.341 e. The van der Waals surface area contributed by atoms with Gasteiger partial charge in [-0.2, -0.15) is 0 Å². The van der Waals surface area contributed by atoms with Crippen LogP contribution in [0, 0.1) is 11.8 Å². The summed E-state index contributed by atoms with van der Waals surface area (Å²) in [6.07, 6.45) is 1.10. The lowest BCUT2D eigenvalue weighted by Crippen LogP contribution is -2.49. The number of para-hydroxylation sites is 1. The fraction of sp³-hybridized carbons (Fsp3) is 0.435. The Morgan fingerprint density at radius 3 is 2.87 bits per heavy atom. The highest BCUT2D eigenvalue weighted by Gasteiger charge is 2.45. The molecule has 1 saturated carbocycles. The molecule has 2 unspecified atom stereocenters. The van der Waals surface area contributed by atoms with Gasteiger partial charge in [-0.15, -0.1) is 0 Å². The summed E-state index contributed by atoms with van der Waals surface area (Å²) in [4.78, 5) is 15.5. The summed E-state index contributed by atoms with van der Waals surface area (Å²) in [6.45, 7) is 7.18. The Bertz CT molecular complexity index is 961. The largest absolute Gasteiger partial charge is 0.492 e. The van der Waals surface area contributed by atoms with Gasteiger partial charge in [0.25, 0.3) is 0 Å². The Morgan fingerprint density at radius 2 is 2.07 bits per heavy atom. The summed E-state index contributed by atoms with van der Waals surface area (Å²) in [6, 6.07) is 12.0. The summed E-state index contributed by atoms with van der Waals surface area (Å²) in [5, 5.41) is 13.4. The van der Waals surface area contributed by atoms with Crippen LogP contribution in [-0.2, 0) is 0 Å². The average Bonchev–Trinajstić information content (AvgIpc) is 3.51. The number of benzene rings is 2. The van der Waals surface area contributed by atoms with Crippen LogP contribution in [0.1, 0.15) is 35.2 Å². The summed E-state index contributed by atoms with van der Waals surface area (Å²) in [5.41, 5.74) is 2.93. The third-order valence-corrected chi connectivity index (χ3v) is 7.28. The topological polar surface area (TPSA) is 73.8 Å². The van der Waals surface area contributed by atoms with E-state index in [-0.39, 0.29) is 5.56 Å². The molecule has 30 heavy (non-hydrogen) atoms. The van der Waals surface area contributed by atoms with Crippen LogP contribution < -0.4 is 14.8 Å². The molecule has 158 valence electrons. The number of carboxylic acid groups (broad SMARTS) is 1. The first-order valence-corrected chi connectivity index (χ1v) is 11.5. The third kappa shape index (κ3) is 3.72. The number of likely N-dealkylation sites (tertiary alicyclic amines) is 1. The molecule has 2 atom stereocenters. The molecular formula is C23H27N3O3S. The minimum Gasteiger partial charge on any atom is -0.492 e. The van der Waals surface area contributed by atoms with E-state index in [1.807, 2.05) is 30.3 Å². The Balaban J connectivity index is 1.29. The van der Waals surface area contributed by atoms with Gasteiger partial charge < -0.3 is 24.8 Å². The number of nitrogens with zero attached hydrogens (tertiary/aromatic N) is 1. The van der Waals surface area contributed by atoms with Crippen molar-refractivity contribution in [1.29, 1.82) is 0 Å². The fourth-order valence-electron chi connectivity index (χ4n) is 4.48. The number of fused-ring (bicyclic) bond motifs is 3. The van der Waals surface area contributed by atoms with E-state index in [4.69, 9.17) is 4.74 Å². The first kappa shape index (κ1) is 19.6.